The molecule has 0 radical (unpaired) electrons. The van der Waals surface area contributed by atoms with Gasteiger partial charge in [0.2, 0.25) is 0 Å². The Morgan fingerprint density at radius 3 is 2.19 bits per heavy atom. The van der Waals surface area contributed by atoms with Gasteiger partial charge in [-0.2, -0.15) is 0 Å². The Morgan fingerprint density at radius 2 is 1.75 bits per heavy atom. The molecule has 0 rings (SSSR count). The van der Waals surface area contributed by atoms with Crippen LogP contribution in [0, 0.1) is 0 Å². The first-order chi connectivity index (χ1) is 7.47. The van der Waals surface area contributed by atoms with Crippen LogP contribution in [0.25, 0.3) is 0 Å². The van der Waals surface area contributed by atoms with E-state index in [0.717, 1.165) is 25.8 Å². The van der Waals surface area contributed by atoms with Crippen molar-refractivity contribution < 1.29 is 8.42 Å². The highest BCUT2D eigenvalue weighted by atomic mass is 32.2. The Kier molecular flexibility index (Phi) is 8.02. The van der Waals surface area contributed by atoms with Crippen LogP contribution in [0.2, 0.25) is 0 Å². The smallest absolute Gasteiger partial charge is 0.152 e. The van der Waals surface area contributed by atoms with E-state index in [2.05, 4.69) is 19.2 Å². The van der Waals surface area contributed by atoms with E-state index in [1.807, 2.05) is 6.92 Å². The molecule has 0 aliphatic rings. The van der Waals surface area contributed by atoms with E-state index in [-0.39, 0.29) is 5.25 Å². The fourth-order valence-electron chi connectivity index (χ4n) is 1.73. The second-order valence-electron chi connectivity index (χ2n) is 4.39. The molecule has 0 bridgehead atoms. The van der Waals surface area contributed by atoms with E-state index in [1.54, 1.807) is 6.92 Å². The van der Waals surface area contributed by atoms with Crippen molar-refractivity contribution in [1.82, 2.24) is 5.32 Å². The van der Waals surface area contributed by atoms with Crippen LogP contribution in [-0.2, 0) is 9.84 Å². The maximum absolute atomic E-state index is 11.8. The average Bonchev–Trinajstić information content (AvgIpc) is 2.26. The van der Waals surface area contributed by atoms with Gasteiger partial charge in [0.15, 0.2) is 9.84 Å². The molecular formula is C12H27NO2S. The van der Waals surface area contributed by atoms with E-state index in [9.17, 15) is 8.42 Å². The second kappa shape index (κ2) is 8.07. The first-order valence-corrected chi connectivity index (χ1v) is 8.14. The highest BCUT2D eigenvalue weighted by Gasteiger charge is 2.18. The molecule has 0 saturated carbocycles. The lowest BCUT2D eigenvalue weighted by molar-refractivity contribution is 0.474. The minimum absolute atomic E-state index is 0.188. The van der Waals surface area contributed by atoms with Crippen LogP contribution >= 0.6 is 0 Å². The fraction of sp³-hybridized carbons (Fsp3) is 1.00. The average molecular weight is 249 g/mol. The first-order valence-electron chi connectivity index (χ1n) is 6.42. The quantitative estimate of drug-likeness (QED) is 0.682. The van der Waals surface area contributed by atoms with Gasteiger partial charge in [-0.25, -0.2) is 8.42 Å². The van der Waals surface area contributed by atoms with Crippen LogP contribution in [0.4, 0.5) is 0 Å². The summed E-state index contributed by atoms with van der Waals surface area (Å²) in [7, 11) is -2.86. The standard InChI is InChI=1S/C12H27NO2S/c1-5-11(4)16(14,15)10-8-9-12(6-2)13-7-3/h11-13H,5-10H2,1-4H3. The van der Waals surface area contributed by atoms with E-state index in [1.165, 1.54) is 0 Å². The molecule has 0 aromatic heterocycles. The summed E-state index contributed by atoms with van der Waals surface area (Å²) < 4.78 is 23.5. The van der Waals surface area contributed by atoms with Crippen molar-refractivity contribution in [1.29, 1.82) is 0 Å². The number of rotatable bonds is 9. The Morgan fingerprint density at radius 1 is 1.12 bits per heavy atom. The van der Waals surface area contributed by atoms with Gasteiger partial charge in [0.25, 0.3) is 0 Å². The maximum Gasteiger partial charge on any atom is 0.152 e. The molecule has 0 amide bonds. The van der Waals surface area contributed by atoms with Gasteiger partial charge in [0.1, 0.15) is 0 Å². The molecule has 4 heteroatoms. The third-order valence-electron chi connectivity index (χ3n) is 3.16. The van der Waals surface area contributed by atoms with Crippen molar-refractivity contribution >= 4 is 9.84 Å². The van der Waals surface area contributed by atoms with Crippen LogP contribution < -0.4 is 5.32 Å². The molecule has 0 fully saturated rings. The van der Waals surface area contributed by atoms with Crippen molar-refractivity contribution in [2.75, 3.05) is 12.3 Å². The summed E-state index contributed by atoms with van der Waals surface area (Å²) in [6, 6.07) is 0.470. The lowest BCUT2D eigenvalue weighted by Crippen LogP contribution is -2.29. The van der Waals surface area contributed by atoms with Crippen molar-refractivity contribution in [3.05, 3.63) is 0 Å². The summed E-state index contributed by atoms with van der Waals surface area (Å²) in [6.45, 7) is 8.90. The fourth-order valence-corrected chi connectivity index (χ4v) is 3.20. The summed E-state index contributed by atoms with van der Waals surface area (Å²) in [5.74, 6) is 0.337. The minimum Gasteiger partial charge on any atom is -0.314 e. The van der Waals surface area contributed by atoms with Gasteiger partial charge in [-0.3, -0.25) is 0 Å². The number of sulfone groups is 1. The molecule has 0 spiro atoms. The second-order valence-corrected chi connectivity index (χ2v) is 6.93. The molecule has 0 aliphatic heterocycles. The lowest BCUT2D eigenvalue weighted by Gasteiger charge is -2.16. The molecule has 0 saturated heterocycles. The SMILES string of the molecule is CCNC(CC)CCCS(=O)(=O)C(C)CC. The molecule has 98 valence electrons. The van der Waals surface area contributed by atoms with Crippen molar-refractivity contribution in [3.63, 3.8) is 0 Å². The predicted octanol–water partition coefficient (Wildman–Crippen LogP) is 2.37. The summed E-state index contributed by atoms with van der Waals surface area (Å²) in [6.07, 6.45) is 3.52. The highest BCUT2D eigenvalue weighted by Crippen LogP contribution is 2.10. The van der Waals surface area contributed by atoms with Crippen molar-refractivity contribution in [3.8, 4) is 0 Å². The van der Waals surface area contributed by atoms with Crippen LogP contribution in [-0.4, -0.2) is 32.0 Å². The van der Waals surface area contributed by atoms with Gasteiger partial charge in [-0.05, 0) is 39.2 Å². The Balaban J connectivity index is 3.97. The largest absolute Gasteiger partial charge is 0.314 e. The van der Waals surface area contributed by atoms with Gasteiger partial charge < -0.3 is 5.32 Å². The number of nitrogens with one attached hydrogen (secondary N) is 1. The molecule has 0 aromatic carbocycles. The zero-order valence-electron chi connectivity index (χ0n) is 11.1. The lowest BCUT2D eigenvalue weighted by atomic mass is 10.1. The number of hydrogen-bond donors (Lipinski definition) is 1. The van der Waals surface area contributed by atoms with E-state index < -0.39 is 9.84 Å². The van der Waals surface area contributed by atoms with Crippen molar-refractivity contribution in [2.45, 2.75) is 64.7 Å². The summed E-state index contributed by atoms with van der Waals surface area (Å²) in [4.78, 5) is 0. The number of hydrogen-bond acceptors (Lipinski definition) is 3. The van der Waals surface area contributed by atoms with E-state index in [0.29, 0.717) is 18.2 Å². The van der Waals surface area contributed by atoms with Gasteiger partial charge in [0, 0.05) is 6.04 Å². The molecule has 2 atom stereocenters. The first kappa shape index (κ1) is 15.9. The Bertz CT molecular complexity index is 262. The zero-order chi connectivity index (χ0) is 12.6. The van der Waals surface area contributed by atoms with Crippen LogP contribution in [0.3, 0.4) is 0 Å². The topological polar surface area (TPSA) is 46.2 Å². The van der Waals surface area contributed by atoms with Gasteiger partial charge in [-0.15, -0.1) is 0 Å². The molecule has 16 heavy (non-hydrogen) atoms. The molecular weight excluding hydrogens is 222 g/mol. The maximum atomic E-state index is 11.8. The predicted molar refractivity (Wildman–Crippen MR) is 70.5 cm³/mol. The van der Waals surface area contributed by atoms with E-state index >= 15 is 0 Å². The third kappa shape index (κ3) is 5.85. The molecule has 1 N–H and O–H groups in total. The molecule has 0 aromatic rings. The van der Waals surface area contributed by atoms with E-state index in [4.69, 9.17) is 0 Å². The minimum atomic E-state index is -2.86. The Hall–Kier alpha value is -0.0900. The molecule has 0 heterocycles. The third-order valence-corrected chi connectivity index (χ3v) is 5.57. The highest BCUT2D eigenvalue weighted by molar-refractivity contribution is 7.91. The van der Waals surface area contributed by atoms with Crippen LogP contribution in [0.15, 0.2) is 0 Å². The monoisotopic (exact) mass is 249 g/mol. The van der Waals surface area contributed by atoms with Crippen LogP contribution in [0.1, 0.15) is 53.4 Å². The van der Waals surface area contributed by atoms with Gasteiger partial charge >= 0.3 is 0 Å². The Labute approximate surface area is 101 Å². The van der Waals surface area contributed by atoms with Crippen LogP contribution in [0.5, 0.6) is 0 Å². The van der Waals surface area contributed by atoms with Crippen molar-refractivity contribution in [2.24, 2.45) is 0 Å². The van der Waals surface area contributed by atoms with Gasteiger partial charge in [0.05, 0.1) is 11.0 Å². The molecule has 2 unspecified atom stereocenters. The molecule has 0 aliphatic carbocycles. The normalized spacial score (nSPS) is 16.0. The summed E-state index contributed by atoms with van der Waals surface area (Å²) in [5.41, 5.74) is 0. The summed E-state index contributed by atoms with van der Waals surface area (Å²) >= 11 is 0. The summed E-state index contributed by atoms with van der Waals surface area (Å²) in [5, 5.41) is 3.18. The molecule has 3 nitrogen and oxygen atoms in total. The van der Waals surface area contributed by atoms with Gasteiger partial charge in [-0.1, -0.05) is 20.8 Å². The zero-order valence-corrected chi connectivity index (χ0v) is 11.9.